The Bertz CT molecular complexity index is 325. The van der Waals surface area contributed by atoms with E-state index in [0.717, 1.165) is 25.3 Å². The number of nitrogens with zero attached hydrogens (tertiary/aromatic N) is 2. The first kappa shape index (κ1) is 15.1. The van der Waals surface area contributed by atoms with E-state index in [-0.39, 0.29) is 0 Å². The summed E-state index contributed by atoms with van der Waals surface area (Å²) >= 11 is 0. The fraction of sp³-hybridized carbons (Fsp3) is 0.667. The third kappa shape index (κ3) is 6.72. The molecule has 1 rings (SSSR count). The van der Waals surface area contributed by atoms with Crippen molar-refractivity contribution in [3.63, 3.8) is 0 Å². The molecular weight excluding hydrogens is 222 g/mol. The topological polar surface area (TPSA) is 42.1 Å². The number of hydrogen-bond acceptors (Lipinski definition) is 3. The molecule has 0 saturated heterocycles. The molecule has 3 heteroatoms. The summed E-state index contributed by atoms with van der Waals surface area (Å²) in [5, 5.41) is 0. The number of aromatic nitrogens is 1. The van der Waals surface area contributed by atoms with Crippen molar-refractivity contribution in [1.82, 2.24) is 9.88 Å². The molecule has 0 radical (unpaired) electrons. The van der Waals surface area contributed by atoms with Gasteiger partial charge in [-0.1, -0.05) is 25.3 Å². The highest BCUT2D eigenvalue weighted by atomic mass is 15.1. The minimum Gasteiger partial charge on any atom is -0.330 e. The molecule has 0 aliphatic carbocycles. The van der Waals surface area contributed by atoms with Crippen molar-refractivity contribution >= 4 is 0 Å². The van der Waals surface area contributed by atoms with Crippen LogP contribution >= 0.6 is 0 Å². The molecular formula is C15H27N3. The van der Waals surface area contributed by atoms with Gasteiger partial charge in [0, 0.05) is 12.2 Å². The van der Waals surface area contributed by atoms with Crippen LogP contribution in [-0.4, -0.2) is 30.0 Å². The van der Waals surface area contributed by atoms with Crippen molar-refractivity contribution in [2.45, 2.75) is 45.6 Å². The monoisotopic (exact) mass is 249 g/mol. The van der Waals surface area contributed by atoms with Crippen LogP contribution < -0.4 is 5.73 Å². The van der Waals surface area contributed by atoms with Gasteiger partial charge in [0.05, 0.1) is 5.69 Å². The average Bonchev–Trinajstić information content (AvgIpc) is 2.33. The number of pyridine rings is 1. The van der Waals surface area contributed by atoms with E-state index in [9.17, 15) is 0 Å². The van der Waals surface area contributed by atoms with E-state index in [2.05, 4.69) is 29.1 Å². The summed E-state index contributed by atoms with van der Waals surface area (Å²) in [6.07, 6.45) is 6.34. The van der Waals surface area contributed by atoms with Gasteiger partial charge >= 0.3 is 0 Å². The van der Waals surface area contributed by atoms with Gasteiger partial charge < -0.3 is 10.6 Å². The third-order valence-electron chi connectivity index (χ3n) is 3.12. The van der Waals surface area contributed by atoms with Gasteiger partial charge in [0.15, 0.2) is 0 Å². The second kappa shape index (κ2) is 9.06. The molecule has 0 aliphatic heterocycles. The maximum Gasteiger partial charge on any atom is 0.0547 e. The largest absolute Gasteiger partial charge is 0.330 e. The van der Waals surface area contributed by atoms with Crippen LogP contribution in [0, 0.1) is 6.92 Å². The molecule has 0 saturated carbocycles. The van der Waals surface area contributed by atoms with Crippen LogP contribution in [0.5, 0.6) is 0 Å². The molecule has 102 valence electrons. The maximum atomic E-state index is 5.47. The van der Waals surface area contributed by atoms with E-state index in [1.54, 1.807) is 0 Å². The van der Waals surface area contributed by atoms with E-state index < -0.39 is 0 Å². The standard InChI is InChI=1S/C15H27N3/c1-14-9-8-10-15(17-14)13-18(2)12-7-5-3-4-6-11-16/h8-10H,3-7,11-13,16H2,1-2H3. The van der Waals surface area contributed by atoms with Crippen LogP contribution in [0.25, 0.3) is 0 Å². The SMILES string of the molecule is Cc1cccc(CN(C)CCCCCCCN)n1. The van der Waals surface area contributed by atoms with E-state index in [4.69, 9.17) is 5.73 Å². The highest BCUT2D eigenvalue weighted by molar-refractivity contribution is 5.09. The molecule has 0 atom stereocenters. The van der Waals surface area contributed by atoms with Gasteiger partial charge in [0.1, 0.15) is 0 Å². The van der Waals surface area contributed by atoms with Gasteiger partial charge in [-0.15, -0.1) is 0 Å². The van der Waals surface area contributed by atoms with Crippen molar-refractivity contribution < 1.29 is 0 Å². The van der Waals surface area contributed by atoms with E-state index >= 15 is 0 Å². The zero-order valence-electron chi connectivity index (χ0n) is 11.9. The number of aryl methyl sites for hydroxylation is 1. The summed E-state index contributed by atoms with van der Waals surface area (Å²) in [7, 11) is 2.17. The summed E-state index contributed by atoms with van der Waals surface area (Å²) < 4.78 is 0. The van der Waals surface area contributed by atoms with Crippen LogP contribution in [0.4, 0.5) is 0 Å². The van der Waals surface area contributed by atoms with Crippen LogP contribution in [-0.2, 0) is 6.54 Å². The van der Waals surface area contributed by atoms with Crippen molar-refractivity contribution in [3.8, 4) is 0 Å². The molecule has 0 fully saturated rings. The lowest BCUT2D eigenvalue weighted by atomic mass is 10.1. The zero-order chi connectivity index (χ0) is 13.2. The average molecular weight is 249 g/mol. The first-order valence-corrected chi connectivity index (χ1v) is 7.03. The maximum absolute atomic E-state index is 5.47. The Hall–Kier alpha value is -0.930. The van der Waals surface area contributed by atoms with Crippen molar-refractivity contribution in [1.29, 1.82) is 0 Å². The second-order valence-corrected chi connectivity index (χ2v) is 5.06. The smallest absolute Gasteiger partial charge is 0.0547 e. The summed E-state index contributed by atoms with van der Waals surface area (Å²) in [6, 6.07) is 6.23. The lowest BCUT2D eigenvalue weighted by Gasteiger charge is -2.16. The molecule has 0 amide bonds. The van der Waals surface area contributed by atoms with Gasteiger partial charge in [-0.25, -0.2) is 0 Å². The first-order valence-electron chi connectivity index (χ1n) is 7.03. The Morgan fingerprint density at radius 3 is 2.56 bits per heavy atom. The Labute approximate surface area is 111 Å². The molecule has 2 N–H and O–H groups in total. The number of rotatable bonds is 9. The molecule has 3 nitrogen and oxygen atoms in total. The third-order valence-corrected chi connectivity index (χ3v) is 3.12. The quantitative estimate of drug-likeness (QED) is 0.684. The first-order chi connectivity index (χ1) is 8.72. The van der Waals surface area contributed by atoms with E-state index in [0.29, 0.717) is 0 Å². The Kier molecular flexibility index (Phi) is 7.62. The minimum absolute atomic E-state index is 0.832. The Morgan fingerprint density at radius 2 is 1.83 bits per heavy atom. The van der Waals surface area contributed by atoms with Gasteiger partial charge in [-0.05, 0) is 52.0 Å². The Balaban J connectivity index is 2.12. The second-order valence-electron chi connectivity index (χ2n) is 5.06. The lowest BCUT2D eigenvalue weighted by molar-refractivity contribution is 0.313. The zero-order valence-corrected chi connectivity index (χ0v) is 11.9. The normalized spacial score (nSPS) is 11.1. The summed E-state index contributed by atoms with van der Waals surface area (Å²) in [5.74, 6) is 0. The minimum atomic E-state index is 0.832. The molecule has 1 heterocycles. The van der Waals surface area contributed by atoms with Crippen LogP contribution in [0.15, 0.2) is 18.2 Å². The molecule has 1 aromatic heterocycles. The number of hydrogen-bond donors (Lipinski definition) is 1. The van der Waals surface area contributed by atoms with Crippen LogP contribution in [0.1, 0.15) is 43.5 Å². The Morgan fingerprint density at radius 1 is 1.11 bits per heavy atom. The van der Waals surface area contributed by atoms with Gasteiger partial charge in [0.2, 0.25) is 0 Å². The molecule has 1 aromatic rings. The van der Waals surface area contributed by atoms with Crippen LogP contribution in [0.3, 0.4) is 0 Å². The van der Waals surface area contributed by atoms with Gasteiger partial charge in [0.25, 0.3) is 0 Å². The van der Waals surface area contributed by atoms with Crippen LogP contribution in [0.2, 0.25) is 0 Å². The summed E-state index contributed by atoms with van der Waals surface area (Å²) in [4.78, 5) is 6.88. The van der Waals surface area contributed by atoms with E-state index in [1.165, 1.54) is 37.8 Å². The lowest BCUT2D eigenvalue weighted by Crippen LogP contribution is -2.19. The molecule has 0 bridgehead atoms. The summed E-state index contributed by atoms with van der Waals surface area (Å²) in [5.41, 5.74) is 7.74. The molecule has 0 spiro atoms. The highest BCUT2D eigenvalue weighted by Gasteiger charge is 2.01. The molecule has 18 heavy (non-hydrogen) atoms. The van der Waals surface area contributed by atoms with E-state index in [1.807, 2.05) is 13.0 Å². The molecule has 0 aliphatic rings. The van der Waals surface area contributed by atoms with Gasteiger partial charge in [-0.3, -0.25) is 4.98 Å². The van der Waals surface area contributed by atoms with Crippen molar-refractivity contribution in [2.75, 3.05) is 20.1 Å². The van der Waals surface area contributed by atoms with Crippen molar-refractivity contribution in [3.05, 3.63) is 29.6 Å². The fourth-order valence-electron chi connectivity index (χ4n) is 2.10. The van der Waals surface area contributed by atoms with Crippen molar-refractivity contribution in [2.24, 2.45) is 5.73 Å². The number of unbranched alkanes of at least 4 members (excludes halogenated alkanes) is 4. The predicted octanol–water partition coefficient (Wildman–Crippen LogP) is 2.73. The van der Waals surface area contributed by atoms with Gasteiger partial charge in [-0.2, -0.15) is 0 Å². The molecule has 0 unspecified atom stereocenters. The molecule has 0 aromatic carbocycles. The highest BCUT2D eigenvalue weighted by Crippen LogP contribution is 2.06. The summed E-state index contributed by atoms with van der Waals surface area (Å²) in [6.45, 7) is 4.97. The fourth-order valence-corrected chi connectivity index (χ4v) is 2.10. The predicted molar refractivity (Wildman–Crippen MR) is 77.4 cm³/mol. The number of nitrogens with two attached hydrogens (primary N) is 1.